The second-order valence-corrected chi connectivity index (χ2v) is 8.23. The molecule has 0 aliphatic heterocycles. The highest BCUT2D eigenvalue weighted by Crippen LogP contribution is 2.39. The van der Waals surface area contributed by atoms with Crippen LogP contribution in [0, 0.1) is 0 Å². The van der Waals surface area contributed by atoms with E-state index >= 15 is 0 Å². The first-order chi connectivity index (χ1) is 15.5. The molecule has 0 aliphatic carbocycles. The van der Waals surface area contributed by atoms with E-state index in [1.54, 1.807) is 50.8 Å². The van der Waals surface area contributed by atoms with Gasteiger partial charge >= 0.3 is 5.97 Å². The minimum absolute atomic E-state index is 0.206. The number of carbonyl (C=O) groups is 2. The molecule has 1 heterocycles. The second kappa shape index (κ2) is 11.0. The summed E-state index contributed by atoms with van der Waals surface area (Å²) < 4.78 is 22.3. The van der Waals surface area contributed by atoms with Crippen molar-refractivity contribution in [2.45, 2.75) is 6.92 Å². The van der Waals surface area contributed by atoms with Crippen LogP contribution in [0.15, 0.2) is 52.3 Å². The van der Waals surface area contributed by atoms with Crippen molar-refractivity contribution in [3.8, 4) is 28.4 Å². The first-order valence-corrected chi connectivity index (χ1v) is 11.3. The third kappa shape index (κ3) is 5.60. The van der Waals surface area contributed by atoms with Crippen LogP contribution in [0.3, 0.4) is 0 Å². The van der Waals surface area contributed by atoms with Crippen molar-refractivity contribution >= 4 is 44.1 Å². The molecular weight excluding hydrogens is 498 g/mol. The highest BCUT2D eigenvalue weighted by atomic mass is 79.9. The highest BCUT2D eigenvalue weighted by Gasteiger charge is 2.23. The molecule has 168 valence electrons. The van der Waals surface area contributed by atoms with Gasteiger partial charge in [0.1, 0.15) is 16.3 Å². The number of ether oxygens (including phenoxy) is 4. The van der Waals surface area contributed by atoms with E-state index in [0.717, 1.165) is 10.0 Å². The van der Waals surface area contributed by atoms with Gasteiger partial charge in [0.05, 0.1) is 20.8 Å². The number of halogens is 1. The number of hydrogen-bond acceptors (Lipinski definition) is 7. The Bertz CT molecular complexity index is 1110. The van der Waals surface area contributed by atoms with Crippen molar-refractivity contribution < 1.29 is 28.5 Å². The number of amides is 1. The van der Waals surface area contributed by atoms with Crippen molar-refractivity contribution in [2.75, 3.05) is 32.8 Å². The fourth-order valence-corrected chi connectivity index (χ4v) is 4.29. The second-order valence-electron chi connectivity index (χ2n) is 6.44. The number of rotatable bonds is 9. The number of benzene rings is 2. The van der Waals surface area contributed by atoms with E-state index in [9.17, 15) is 9.59 Å². The fourth-order valence-electron chi connectivity index (χ4n) is 2.94. The zero-order valence-corrected chi connectivity index (χ0v) is 20.2. The largest absolute Gasteiger partial charge is 0.493 e. The smallest absolute Gasteiger partial charge is 0.341 e. The highest BCUT2D eigenvalue weighted by molar-refractivity contribution is 9.10. The maximum absolute atomic E-state index is 12.7. The van der Waals surface area contributed by atoms with Gasteiger partial charge < -0.3 is 24.3 Å². The molecule has 1 aromatic heterocycles. The lowest BCUT2D eigenvalue weighted by molar-refractivity contribution is -0.118. The third-order valence-electron chi connectivity index (χ3n) is 4.38. The molecule has 0 saturated heterocycles. The first kappa shape index (κ1) is 23.6. The van der Waals surface area contributed by atoms with Gasteiger partial charge in [-0.05, 0) is 42.8 Å². The van der Waals surface area contributed by atoms with Gasteiger partial charge in [-0.15, -0.1) is 11.3 Å². The standard InChI is InChI=1S/C23H22BrNO6S/c1-4-30-23(27)21-17(14-8-9-18(28-2)19(10-14)29-3)13-32-22(21)25-20(26)12-31-16-7-5-6-15(24)11-16/h5-11,13H,4,12H2,1-3H3,(H,25,26). The molecule has 32 heavy (non-hydrogen) atoms. The molecule has 0 bridgehead atoms. The molecule has 3 rings (SSSR count). The van der Waals surface area contributed by atoms with Crippen molar-refractivity contribution in [2.24, 2.45) is 0 Å². The topological polar surface area (TPSA) is 83.1 Å². The van der Waals surface area contributed by atoms with Gasteiger partial charge in [-0.3, -0.25) is 4.79 Å². The summed E-state index contributed by atoms with van der Waals surface area (Å²) in [6.07, 6.45) is 0. The van der Waals surface area contributed by atoms with Crippen LogP contribution in [0.2, 0.25) is 0 Å². The van der Waals surface area contributed by atoms with E-state index in [4.69, 9.17) is 18.9 Å². The molecule has 1 N–H and O–H groups in total. The summed E-state index contributed by atoms with van der Waals surface area (Å²) in [6, 6.07) is 12.5. The Balaban J connectivity index is 1.86. The summed E-state index contributed by atoms with van der Waals surface area (Å²) in [6.45, 7) is 1.73. The molecular formula is C23H22BrNO6S. The third-order valence-corrected chi connectivity index (χ3v) is 5.77. The molecule has 2 aromatic carbocycles. The first-order valence-electron chi connectivity index (χ1n) is 9.66. The summed E-state index contributed by atoms with van der Waals surface area (Å²) in [5.41, 5.74) is 1.63. The molecule has 7 nitrogen and oxygen atoms in total. The zero-order chi connectivity index (χ0) is 23.1. The average molecular weight is 520 g/mol. The molecule has 0 saturated carbocycles. The van der Waals surface area contributed by atoms with E-state index in [1.807, 2.05) is 18.2 Å². The predicted molar refractivity (Wildman–Crippen MR) is 127 cm³/mol. The molecule has 0 aliphatic rings. The van der Waals surface area contributed by atoms with Crippen LogP contribution >= 0.6 is 27.3 Å². The monoisotopic (exact) mass is 519 g/mol. The lowest BCUT2D eigenvalue weighted by Crippen LogP contribution is -2.21. The van der Waals surface area contributed by atoms with Gasteiger partial charge in [-0.2, -0.15) is 0 Å². The van der Waals surface area contributed by atoms with Gasteiger partial charge in [0.25, 0.3) is 5.91 Å². The summed E-state index contributed by atoms with van der Waals surface area (Å²) in [5.74, 6) is 0.733. The minimum Gasteiger partial charge on any atom is -0.493 e. The van der Waals surface area contributed by atoms with Crippen molar-refractivity contribution in [1.82, 2.24) is 0 Å². The van der Waals surface area contributed by atoms with E-state index in [0.29, 0.717) is 27.8 Å². The average Bonchev–Trinajstić information content (AvgIpc) is 3.21. The van der Waals surface area contributed by atoms with Crippen LogP contribution in [0.1, 0.15) is 17.3 Å². The predicted octanol–water partition coefficient (Wildman–Crippen LogP) is 5.39. The van der Waals surface area contributed by atoms with E-state index in [-0.39, 0.29) is 18.8 Å². The molecule has 0 fully saturated rings. The molecule has 3 aromatic rings. The summed E-state index contributed by atoms with van der Waals surface area (Å²) in [5, 5.41) is 4.94. The number of thiophene rings is 1. The van der Waals surface area contributed by atoms with Crippen LogP contribution in [0.5, 0.6) is 17.2 Å². The Morgan fingerprint density at radius 3 is 2.53 bits per heavy atom. The van der Waals surface area contributed by atoms with Crippen molar-refractivity contribution in [1.29, 1.82) is 0 Å². The number of carbonyl (C=O) groups excluding carboxylic acids is 2. The maximum atomic E-state index is 12.7. The summed E-state index contributed by atoms with van der Waals surface area (Å²) in [7, 11) is 3.09. The number of esters is 1. The fraction of sp³-hybridized carbons (Fsp3) is 0.217. The Morgan fingerprint density at radius 2 is 1.84 bits per heavy atom. The zero-order valence-electron chi connectivity index (χ0n) is 17.8. The number of hydrogen-bond donors (Lipinski definition) is 1. The number of anilines is 1. The van der Waals surface area contributed by atoms with Crippen LogP contribution in [-0.2, 0) is 9.53 Å². The SMILES string of the molecule is CCOC(=O)c1c(-c2ccc(OC)c(OC)c2)csc1NC(=O)COc1cccc(Br)c1. The van der Waals surface area contributed by atoms with Crippen LogP contribution < -0.4 is 19.5 Å². The van der Waals surface area contributed by atoms with E-state index < -0.39 is 11.9 Å². The lowest BCUT2D eigenvalue weighted by atomic mass is 10.0. The van der Waals surface area contributed by atoms with Crippen molar-refractivity contribution in [3.63, 3.8) is 0 Å². The Hall–Kier alpha value is -3.04. The Morgan fingerprint density at radius 1 is 1.06 bits per heavy atom. The molecule has 0 spiro atoms. The minimum atomic E-state index is -0.526. The molecule has 9 heteroatoms. The van der Waals surface area contributed by atoms with Gasteiger partial charge in [0.15, 0.2) is 18.1 Å². The lowest BCUT2D eigenvalue weighted by Gasteiger charge is -2.11. The quantitative estimate of drug-likeness (QED) is 0.381. The van der Waals surface area contributed by atoms with Gasteiger partial charge in [-0.1, -0.05) is 28.1 Å². The number of methoxy groups -OCH3 is 2. The molecule has 0 unspecified atom stereocenters. The van der Waals surface area contributed by atoms with Crippen LogP contribution in [-0.4, -0.2) is 39.3 Å². The van der Waals surface area contributed by atoms with Gasteiger partial charge in [0, 0.05) is 15.4 Å². The Labute approximate surface area is 198 Å². The van der Waals surface area contributed by atoms with Crippen molar-refractivity contribution in [3.05, 3.63) is 57.9 Å². The summed E-state index contributed by atoms with van der Waals surface area (Å²) >= 11 is 4.59. The van der Waals surface area contributed by atoms with E-state index in [2.05, 4.69) is 21.2 Å². The maximum Gasteiger partial charge on any atom is 0.341 e. The van der Waals surface area contributed by atoms with E-state index in [1.165, 1.54) is 11.3 Å². The van der Waals surface area contributed by atoms with Gasteiger partial charge in [-0.25, -0.2) is 4.79 Å². The molecule has 0 atom stereocenters. The van der Waals surface area contributed by atoms with Crippen LogP contribution in [0.25, 0.3) is 11.1 Å². The normalized spacial score (nSPS) is 10.4. The number of nitrogens with one attached hydrogen (secondary N) is 1. The summed E-state index contributed by atoms with van der Waals surface area (Å²) in [4.78, 5) is 25.2. The Kier molecular flexibility index (Phi) is 8.13. The molecule has 0 radical (unpaired) electrons. The van der Waals surface area contributed by atoms with Gasteiger partial charge in [0.2, 0.25) is 0 Å². The molecule has 1 amide bonds. The van der Waals surface area contributed by atoms with Crippen LogP contribution in [0.4, 0.5) is 5.00 Å².